The van der Waals surface area contributed by atoms with Gasteiger partial charge in [-0.2, -0.15) is 8.42 Å². The molecule has 76 valence electrons. The quantitative estimate of drug-likeness (QED) is 0.307. The second kappa shape index (κ2) is 4.95. The molecule has 1 aromatic rings. The minimum atomic E-state index is -4.36. The van der Waals surface area contributed by atoms with Gasteiger partial charge in [0.2, 0.25) is 0 Å². The van der Waals surface area contributed by atoms with Crippen molar-refractivity contribution in [1.29, 1.82) is 0 Å². The van der Waals surface area contributed by atoms with Gasteiger partial charge in [0.15, 0.2) is 0 Å². The number of benzene rings is 1. The molecule has 0 fully saturated rings. The summed E-state index contributed by atoms with van der Waals surface area (Å²) in [5.41, 5.74) is 4.62. The van der Waals surface area contributed by atoms with Crippen LogP contribution in [0.25, 0.3) is 0 Å². The molecular formula is C7H6NNaO5S. The number of nitrogen functional groups attached to an aromatic ring is 1. The van der Waals surface area contributed by atoms with Crippen LogP contribution in [-0.4, -0.2) is 18.9 Å². The molecule has 8 heteroatoms. The van der Waals surface area contributed by atoms with E-state index >= 15 is 0 Å². The van der Waals surface area contributed by atoms with E-state index < -0.39 is 21.0 Å². The molecule has 0 heterocycles. The number of hydrogen-bond donors (Lipinski definition) is 2. The van der Waals surface area contributed by atoms with Crippen LogP contribution in [0.4, 0.5) is 5.69 Å². The number of nitrogens with two attached hydrogens (primary N) is 1. The number of aromatic carboxylic acids is 1. The van der Waals surface area contributed by atoms with Crippen molar-refractivity contribution in [2.45, 2.75) is 4.90 Å². The Labute approximate surface area is 108 Å². The van der Waals surface area contributed by atoms with Crippen molar-refractivity contribution in [1.82, 2.24) is 0 Å². The summed E-state index contributed by atoms with van der Waals surface area (Å²) < 4.78 is 29.8. The van der Waals surface area contributed by atoms with Gasteiger partial charge in [-0.25, -0.2) is 0 Å². The van der Waals surface area contributed by atoms with Crippen molar-refractivity contribution < 1.29 is 52.4 Å². The maximum atomic E-state index is 10.6. The first-order chi connectivity index (χ1) is 6.32. The van der Waals surface area contributed by atoms with Gasteiger partial charge < -0.3 is 15.6 Å². The van der Waals surface area contributed by atoms with Crippen molar-refractivity contribution >= 4 is 21.8 Å². The van der Waals surface area contributed by atoms with E-state index in [4.69, 9.17) is 10.3 Å². The Morgan fingerprint density at radius 2 is 1.93 bits per heavy atom. The number of rotatable bonds is 2. The largest absolute Gasteiger partial charge is 1.00 e. The van der Waals surface area contributed by atoms with Gasteiger partial charge in [-0.1, -0.05) is 0 Å². The molecule has 1 rings (SSSR count). The molecule has 0 aromatic heterocycles. The second-order valence-corrected chi connectivity index (χ2v) is 3.93. The smallest absolute Gasteiger partial charge is 0.545 e. The molecule has 0 spiro atoms. The number of carbonyl (C=O) groups excluding carboxylic acids is 1. The van der Waals surface area contributed by atoms with Gasteiger partial charge in [-0.15, -0.1) is 0 Å². The van der Waals surface area contributed by atoms with Gasteiger partial charge in [-0.3, -0.25) is 4.55 Å². The Morgan fingerprint density at radius 1 is 1.40 bits per heavy atom. The third-order valence-corrected chi connectivity index (χ3v) is 2.39. The molecule has 0 amide bonds. The minimum absolute atomic E-state index is 0. The van der Waals surface area contributed by atoms with Crippen molar-refractivity contribution in [2.75, 3.05) is 5.73 Å². The van der Waals surface area contributed by atoms with E-state index in [1.807, 2.05) is 0 Å². The van der Waals surface area contributed by atoms with Crippen LogP contribution in [0.1, 0.15) is 10.4 Å². The third-order valence-electron chi connectivity index (χ3n) is 1.54. The minimum Gasteiger partial charge on any atom is -0.545 e. The van der Waals surface area contributed by atoms with E-state index in [9.17, 15) is 18.3 Å². The predicted octanol–water partition coefficient (Wildman–Crippen LogP) is -4.12. The Balaban J connectivity index is 0.00000196. The topological polar surface area (TPSA) is 121 Å². The molecule has 0 aliphatic rings. The number of carboxylic acids is 1. The summed E-state index contributed by atoms with van der Waals surface area (Å²) >= 11 is 0. The summed E-state index contributed by atoms with van der Waals surface area (Å²) in [7, 11) is -4.36. The zero-order valence-corrected chi connectivity index (χ0v) is 10.6. The van der Waals surface area contributed by atoms with E-state index in [2.05, 4.69) is 0 Å². The summed E-state index contributed by atoms with van der Waals surface area (Å²) in [4.78, 5) is 9.92. The van der Waals surface area contributed by atoms with Crippen LogP contribution >= 0.6 is 0 Å². The molecule has 15 heavy (non-hydrogen) atoms. The molecule has 0 saturated heterocycles. The van der Waals surface area contributed by atoms with Crippen LogP contribution in [0, 0.1) is 0 Å². The fraction of sp³-hybridized carbons (Fsp3) is 0. The van der Waals surface area contributed by atoms with E-state index in [0.29, 0.717) is 0 Å². The average Bonchev–Trinajstić information content (AvgIpc) is 2.01. The SMILES string of the molecule is Nc1cc(S(=O)(=O)O)ccc1C(=O)[O-].[Na+]. The molecule has 3 N–H and O–H groups in total. The van der Waals surface area contributed by atoms with E-state index in [-0.39, 0.29) is 40.8 Å². The van der Waals surface area contributed by atoms with Gasteiger partial charge in [0, 0.05) is 11.3 Å². The first-order valence-electron chi connectivity index (χ1n) is 3.40. The molecular weight excluding hydrogens is 233 g/mol. The molecule has 0 aliphatic heterocycles. The Morgan fingerprint density at radius 3 is 2.27 bits per heavy atom. The Kier molecular flexibility index (Phi) is 4.75. The molecule has 0 saturated carbocycles. The van der Waals surface area contributed by atoms with Gasteiger partial charge in [0.1, 0.15) is 0 Å². The van der Waals surface area contributed by atoms with Gasteiger partial charge in [-0.05, 0) is 18.2 Å². The molecule has 0 unspecified atom stereocenters. The van der Waals surface area contributed by atoms with Crippen molar-refractivity contribution in [3.63, 3.8) is 0 Å². The van der Waals surface area contributed by atoms with E-state index in [0.717, 1.165) is 18.2 Å². The van der Waals surface area contributed by atoms with Crippen LogP contribution in [0.2, 0.25) is 0 Å². The number of anilines is 1. The maximum absolute atomic E-state index is 10.6. The summed E-state index contributed by atoms with van der Waals surface area (Å²) in [5, 5.41) is 10.4. The zero-order chi connectivity index (χ0) is 10.9. The Hall–Kier alpha value is -0.600. The maximum Gasteiger partial charge on any atom is 1.00 e. The molecule has 6 nitrogen and oxygen atoms in total. The summed E-state index contributed by atoms with van der Waals surface area (Å²) in [5.74, 6) is -1.51. The molecule has 1 aromatic carbocycles. The second-order valence-electron chi connectivity index (χ2n) is 2.51. The van der Waals surface area contributed by atoms with Crippen LogP contribution in [0.3, 0.4) is 0 Å². The van der Waals surface area contributed by atoms with E-state index in [1.54, 1.807) is 0 Å². The summed E-state index contributed by atoms with van der Waals surface area (Å²) in [6.07, 6.45) is 0. The zero-order valence-electron chi connectivity index (χ0n) is 7.80. The normalized spacial score (nSPS) is 10.5. The van der Waals surface area contributed by atoms with Crippen LogP contribution in [-0.2, 0) is 10.1 Å². The molecule has 0 atom stereocenters. The molecule has 0 aliphatic carbocycles. The van der Waals surface area contributed by atoms with Gasteiger partial charge in [0.25, 0.3) is 10.1 Å². The monoisotopic (exact) mass is 239 g/mol. The Bertz CT molecular complexity index is 484. The third kappa shape index (κ3) is 3.47. The van der Waals surface area contributed by atoms with Crippen molar-refractivity contribution in [3.05, 3.63) is 23.8 Å². The predicted molar refractivity (Wildman–Crippen MR) is 45.0 cm³/mol. The van der Waals surface area contributed by atoms with Gasteiger partial charge >= 0.3 is 29.6 Å². The molecule has 0 bridgehead atoms. The van der Waals surface area contributed by atoms with E-state index in [1.165, 1.54) is 0 Å². The summed E-state index contributed by atoms with van der Waals surface area (Å²) in [6, 6.07) is 2.73. The van der Waals surface area contributed by atoms with Crippen LogP contribution in [0.15, 0.2) is 23.1 Å². The number of hydrogen-bond acceptors (Lipinski definition) is 5. The number of carboxylic acid groups (broad SMARTS) is 1. The summed E-state index contributed by atoms with van der Waals surface area (Å²) in [6.45, 7) is 0. The van der Waals surface area contributed by atoms with Crippen LogP contribution < -0.4 is 40.4 Å². The molecule has 0 radical (unpaired) electrons. The van der Waals surface area contributed by atoms with Gasteiger partial charge in [0.05, 0.1) is 10.9 Å². The first-order valence-corrected chi connectivity index (χ1v) is 4.85. The van der Waals surface area contributed by atoms with Crippen LogP contribution in [0.5, 0.6) is 0 Å². The average molecular weight is 239 g/mol. The standard InChI is InChI=1S/C7H7NO5S.Na/c8-6-3-4(14(11,12)13)1-2-5(6)7(9)10;/h1-3H,8H2,(H,9,10)(H,11,12,13);/q;+1/p-1. The van der Waals surface area contributed by atoms with Crippen molar-refractivity contribution in [2.24, 2.45) is 0 Å². The first kappa shape index (κ1) is 14.4. The fourth-order valence-corrected chi connectivity index (χ4v) is 1.40. The fourth-order valence-electron chi connectivity index (χ4n) is 0.887. The van der Waals surface area contributed by atoms with Crippen molar-refractivity contribution in [3.8, 4) is 0 Å². The number of carbonyl (C=O) groups is 1.